The van der Waals surface area contributed by atoms with Gasteiger partial charge in [0.15, 0.2) is 0 Å². The third-order valence-corrected chi connectivity index (χ3v) is 7.13. The molecule has 1 aliphatic rings. The minimum atomic E-state index is -3.73. The summed E-state index contributed by atoms with van der Waals surface area (Å²) < 4.78 is 29.9. The van der Waals surface area contributed by atoms with Gasteiger partial charge in [0.25, 0.3) is 15.9 Å². The Bertz CT molecular complexity index is 1170. The first kappa shape index (κ1) is 21.0. The number of hydrogen-bond acceptors (Lipinski definition) is 5. The average molecular weight is 440 g/mol. The highest BCUT2D eigenvalue weighted by atomic mass is 32.2. The van der Waals surface area contributed by atoms with Crippen LogP contribution in [0.1, 0.15) is 40.4 Å². The minimum absolute atomic E-state index is 0.0943. The van der Waals surface area contributed by atoms with Crippen LogP contribution in [0.3, 0.4) is 0 Å². The first-order valence-electron chi connectivity index (χ1n) is 10.2. The molecule has 0 radical (unpaired) electrons. The van der Waals surface area contributed by atoms with Crippen LogP contribution in [0.5, 0.6) is 0 Å². The molecule has 0 saturated carbocycles. The maximum Gasteiger partial charge on any atom is 0.261 e. The van der Waals surface area contributed by atoms with Gasteiger partial charge in [0.05, 0.1) is 10.9 Å². The van der Waals surface area contributed by atoms with Gasteiger partial charge in [-0.1, -0.05) is 6.07 Å². The fraction of sp³-hybridized carbons (Fsp3) is 0.318. The molecule has 1 N–H and O–H groups in total. The standard InChI is InChI=1S/C22H25N5O3S/c1-16-3-6-19(13-17(16)2)25-31(29,30)21-7-4-18(5-8-21)22(28)26-11-9-20(10-12-26)27-15-23-14-24-27/h3-8,13-15,20,25H,9-12H2,1-2H3. The molecule has 0 aliphatic carbocycles. The van der Waals surface area contributed by atoms with Crippen molar-refractivity contribution in [2.75, 3.05) is 17.8 Å². The van der Waals surface area contributed by atoms with E-state index in [0.29, 0.717) is 24.3 Å². The van der Waals surface area contributed by atoms with Gasteiger partial charge >= 0.3 is 0 Å². The van der Waals surface area contributed by atoms with Gasteiger partial charge in [0.2, 0.25) is 0 Å². The van der Waals surface area contributed by atoms with Crippen LogP contribution in [0.15, 0.2) is 60.0 Å². The molecule has 0 atom stereocenters. The van der Waals surface area contributed by atoms with Crippen molar-refractivity contribution in [3.8, 4) is 0 Å². The Morgan fingerprint density at radius 3 is 2.35 bits per heavy atom. The lowest BCUT2D eigenvalue weighted by molar-refractivity contribution is 0.0689. The minimum Gasteiger partial charge on any atom is -0.338 e. The lowest BCUT2D eigenvalue weighted by Crippen LogP contribution is -2.39. The summed E-state index contributed by atoms with van der Waals surface area (Å²) in [5, 5.41) is 4.18. The quantitative estimate of drug-likeness (QED) is 0.659. The highest BCUT2D eigenvalue weighted by Gasteiger charge is 2.25. The van der Waals surface area contributed by atoms with E-state index in [1.807, 2.05) is 24.6 Å². The lowest BCUT2D eigenvalue weighted by Gasteiger charge is -2.32. The van der Waals surface area contributed by atoms with E-state index < -0.39 is 10.0 Å². The second-order valence-corrected chi connectivity index (χ2v) is 9.51. The number of rotatable bonds is 5. The van der Waals surface area contributed by atoms with E-state index in [1.165, 1.54) is 18.5 Å². The maximum absolute atomic E-state index is 12.8. The molecule has 31 heavy (non-hydrogen) atoms. The van der Waals surface area contributed by atoms with Crippen LogP contribution in [-0.4, -0.2) is 47.1 Å². The number of aromatic nitrogens is 3. The van der Waals surface area contributed by atoms with Crippen molar-refractivity contribution in [2.45, 2.75) is 37.6 Å². The molecular formula is C22H25N5O3S. The first-order chi connectivity index (χ1) is 14.8. The molecule has 1 aliphatic heterocycles. The van der Waals surface area contributed by atoms with Gasteiger partial charge in [-0.3, -0.25) is 9.52 Å². The Balaban J connectivity index is 1.41. The number of carbonyl (C=O) groups is 1. The number of nitrogens with zero attached hydrogens (tertiary/aromatic N) is 4. The number of nitrogens with one attached hydrogen (secondary N) is 1. The molecular weight excluding hydrogens is 414 g/mol. The molecule has 1 aromatic heterocycles. The number of carbonyl (C=O) groups excluding carboxylic acids is 1. The van der Waals surface area contributed by atoms with Gasteiger partial charge < -0.3 is 4.90 Å². The predicted octanol–water partition coefficient (Wildman–Crippen LogP) is 3.17. The molecule has 0 unspecified atom stereocenters. The Hall–Kier alpha value is -3.20. The number of aryl methyl sites for hydroxylation is 2. The maximum atomic E-state index is 12.8. The number of amides is 1. The molecule has 0 spiro atoms. The van der Waals surface area contributed by atoms with Crippen molar-refractivity contribution < 1.29 is 13.2 Å². The molecule has 8 nitrogen and oxygen atoms in total. The SMILES string of the molecule is Cc1ccc(NS(=O)(=O)c2ccc(C(=O)N3CCC(n4cncn4)CC3)cc2)cc1C. The molecule has 1 fully saturated rings. The molecule has 2 aromatic carbocycles. The Morgan fingerprint density at radius 2 is 1.74 bits per heavy atom. The van der Waals surface area contributed by atoms with Crippen LogP contribution in [0.2, 0.25) is 0 Å². The average Bonchev–Trinajstić information content (AvgIpc) is 3.31. The van der Waals surface area contributed by atoms with Gasteiger partial charge in [0, 0.05) is 24.3 Å². The first-order valence-corrected chi connectivity index (χ1v) is 11.7. The summed E-state index contributed by atoms with van der Waals surface area (Å²) in [6, 6.07) is 11.7. The topological polar surface area (TPSA) is 97.2 Å². The normalized spacial score (nSPS) is 15.1. The van der Waals surface area contributed by atoms with Crippen LogP contribution in [0.4, 0.5) is 5.69 Å². The highest BCUT2D eigenvalue weighted by molar-refractivity contribution is 7.92. The number of piperidine rings is 1. The van der Waals surface area contributed by atoms with Crippen LogP contribution in [-0.2, 0) is 10.0 Å². The van der Waals surface area contributed by atoms with Gasteiger partial charge in [-0.25, -0.2) is 18.1 Å². The zero-order chi connectivity index (χ0) is 22.0. The second-order valence-electron chi connectivity index (χ2n) is 7.83. The van der Waals surface area contributed by atoms with Crippen LogP contribution in [0, 0.1) is 13.8 Å². The lowest BCUT2D eigenvalue weighted by atomic mass is 10.0. The highest BCUT2D eigenvalue weighted by Crippen LogP contribution is 2.23. The van der Waals surface area contributed by atoms with Gasteiger partial charge in [0.1, 0.15) is 12.7 Å². The fourth-order valence-corrected chi connectivity index (χ4v) is 4.77. The summed E-state index contributed by atoms with van der Waals surface area (Å²) in [5.41, 5.74) is 3.09. The zero-order valence-corrected chi connectivity index (χ0v) is 18.3. The van der Waals surface area contributed by atoms with Gasteiger partial charge in [-0.2, -0.15) is 5.10 Å². The second kappa shape index (κ2) is 8.50. The van der Waals surface area contributed by atoms with Gasteiger partial charge in [-0.15, -0.1) is 0 Å². The largest absolute Gasteiger partial charge is 0.338 e. The van der Waals surface area contributed by atoms with Crippen LogP contribution < -0.4 is 4.72 Å². The Morgan fingerprint density at radius 1 is 1.03 bits per heavy atom. The smallest absolute Gasteiger partial charge is 0.261 e. The molecule has 0 bridgehead atoms. The molecule has 162 valence electrons. The van der Waals surface area contributed by atoms with Crippen molar-refractivity contribution in [3.63, 3.8) is 0 Å². The summed E-state index contributed by atoms with van der Waals surface area (Å²) in [5.74, 6) is -0.0943. The molecule has 1 amide bonds. The molecule has 3 aromatic rings. The summed E-state index contributed by atoms with van der Waals surface area (Å²) in [6.45, 7) is 5.15. The van der Waals surface area contributed by atoms with Crippen LogP contribution in [0.25, 0.3) is 0 Å². The molecule has 9 heteroatoms. The van der Waals surface area contributed by atoms with E-state index in [1.54, 1.807) is 35.5 Å². The van der Waals surface area contributed by atoms with E-state index in [-0.39, 0.29) is 16.8 Å². The van der Waals surface area contributed by atoms with E-state index in [4.69, 9.17) is 0 Å². The predicted molar refractivity (Wildman–Crippen MR) is 117 cm³/mol. The van der Waals surface area contributed by atoms with Crippen molar-refractivity contribution in [1.82, 2.24) is 19.7 Å². The Labute approximate surface area is 182 Å². The third kappa shape index (κ3) is 4.61. The molecule has 4 rings (SSSR count). The number of hydrogen-bond donors (Lipinski definition) is 1. The number of anilines is 1. The van der Waals surface area contributed by atoms with Crippen molar-refractivity contribution >= 4 is 21.6 Å². The summed E-state index contributed by atoms with van der Waals surface area (Å²) in [4.78, 5) is 18.7. The Kier molecular flexibility index (Phi) is 5.77. The van der Waals surface area contributed by atoms with Crippen molar-refractivity contribution in [1.29, 1.82) is 0 Å². The number of benzene rings is 2. The third-order valence-electron chi connectivity index (χ3n) is 5.73. The monoisotopic (exact) mass is 439 g/mol. The molecule has 1 saturated heterocycles. The van der Waals surface area contributed by atoms with E-state index in [9.17, 15) is 13.2 Å². The number of likely N-dealkylation sites (tertiary alicyclic amines) is 1. The van der Waals surface area contributed by atoms with Crippen molar-refractivity contribution in [2.24, 2.45) is 0 Å². The van der Waals surface area contributed by atoms with E-state index in [2.05, 4.69) is 14.8 Å². The fourth-order valence-electron chi connectivity index (χ4n) is 3.72. The summed E-state index contributed by atoms with van der Waals surface area (Å²) in [7, 11) is -3.73. The molecule has 2 heterocycles. The summed E-state index contributed by atoms with van der Waals surface area (Å²) in [6.07, 6.45) is 4.83. The zero-order valence-electron chi connectivity index (χ0n) is 17.5. The number of sulfonamides is 1. The van der Waals surface area contributed by atoms with E-state index >= 15 is 0 Å². The summed E-state index contributed by atoms with van der Waals surface area (Å²) >= 11 is 0. The van der Waals surface area contributed by atoms with Crippen LogP contribution >= 0.6 is 0 Å². The van der Waals surface area contributed by atoms with Gasteiger partial charge in [-0.05, 0) is 74.2 Å². The van der Waals surface area contributed by atoms with E-state index in [0.717, 1.165) is 24.0 Å². The van der Waals surface area contributed by atoms with Crippen molar-refractivity contribution in [3.05, 3.63) is 71.8 Å².